The van der Waals surface area contributed by atoms with Gasteiger partial charge in [0.15, 0.2) is 0 Å². The molecule has 0 radical (unpaired) electrons. The van der Waals surface area contributed by atoms with Gasteiger partial charge in [-0.1, -0.05) is 12.1 Å². The van der Waals surface area contributed by atoms with E-state index in [-0.39, 0.29) is 12.5 Å². The Labute approximate surface area is 125 Å². The Morgan fingerprint density at radius 1 is 1.35 bits per heavy atom. The van der Waals surface area contributed by atoms with Gasteiger partial charge in [0, 0.05) is 23.5 Å². The van der Waals surface area contributed by atoms with Crippen molar-refractivity contribution in [2.75, 3.05) is 32.1 Å². The highest BCUT2D eigenvalue weighted by molar-refractivity contribution is 9.10. The Morgan fingerprint density at radius 2 is 2.20 bits per heavy atom. The summed E-state index contributed by atoms with van der Waals surface area (Å²) >= 11 is 3.47. The molecule has 1 amide bonds. The van der Waals surface area contributed by atoms with E-state index in [0.717, 1.165) is 15.4 Å². The van der Waals surface area contributed by atoms with Gasteiger partial charge in [0.05, 0.1) is 18.7 Å². The number of hydrogen-bond donors (Lipinski definition) is 2. The molecule has 0 fully saturated rings. The first-order chi connectivity index (χ1) is 9.70. The predicted molar refractivity (Wildman–Crippen MR) is 82.8 cm³/mol. The molecule has 0 saturated carbocycles. The Bertz CT molecular complexity index is 604. The highest BCUT2D eigenvalue weighted by Gasteiger charge is 2.04. The second kappa shape index (κ2) is 7.21. The third-order valence-corrected chi connectivity index (χ3v) is 3.37. The van der Waals surface area contributed by atoms with Crippen molar-refractivity contribution in [3.63, 3.8) is 0 Å². The summed E-state index contributed by atoms with van der Waals surface area (Å²) in [5.74, 6) is 0.586. The molecule has 0 saturated heterocycles. The third kappa shape index (κ3) is 3.91. The minimum Gasteiger partial charge on any atom is -0.383 e. The minimum atomic E-state index is -0.0870. The molecule has 20 heavy (non-hydrogen) atoms. The molecular weight excluding hydrogens is 322 g/mol. The fraction of sp³-hybridized carbons (Fsp3) is 0.286. The summed E-state index contributed by atoms with van der Waals surface area (Å²) in [6.07, 6.45) is 0. The number of fused-ring (bicyclic) bond motifs is 1. The summed E-state index contributed by atoms with van der Waals surface area (Å²) in [6.45, 7) is 1.20. The fourth-order valence-corrected chi connectivity index (χ4v) is 2.21. The molecule has 2 N–H and O–H groups in total. The predicted octanol–water partition coefficient (Wildman–Crippen LogP) is 2.17. The van der Waals surface area contributed by atoms with Crippen molar-refractivity contribution in [2.24, 2.45) is 0 Å². The molecule has 0 atom stereocenters. The van der Waals surface area contributed by atoms with Crippen LogP contribution in [0.5, 0.6) is 0 Å². The van der Waals surface area contributed by atoms with Crippen LogP contribution in [0.15, 0.2) is 34.8 Å². The van der Waals surface area contributed by atoms with Crippen molar-refractivity contribution in [1.82, 2.24) is 10.3 Å². The van der Waals surface area contributed by atoms with Crippen LogP contribution in [-0.4, -0.2) is 37.7 Å². The number of pyridine rings is 1. The number of rotatable bonds is 6. The SMILES string of the molecule is COCCNC(=O)CNc1ccc2cccc(Br)c2n1. The summed E-state index contributed by atoms with van der Waals surface area (Å²) in [5, 5.41) is 6.80. The number of carbonyl (C=O) groups excluding carboxylic acids is 1. The topological polar surface area (TPSA) is 63.2 Å². The van der Waals surface area contributed by atoms with Crippen LogP contribution in [0.4, 0.5) is 5.82 Å². The van der Waals surface area contributed by atoms with Crippen LogP contribution < -0.4 is 10.6 Å². The van der Waals surface area contributed by atoms with Gasteiger partial charge in [0.1, 0.15) is 5.82 Å². The summed E-state index contributed by atoms with van der Waals surface area (Å²) in [4.78, 5) is 16.0. The zero-order valence-electron chi connectivity index (χ0n) is 11.1. The number of nitrogens with one attached hydrogen (secondary N) is 2. The van der Waals surface area contributed by atoms with Gasteiger partial charge in [0.25, 0.3) is 0 Å². The van der Waals surface area contributed by atoms with Gasteiger partial charge in [-0.15, -0.1) is 0 Å². The Morgan fingerprint density at radius 3 is 3.00 bits per heavy atom. The molecule has 5 nitrogen and oxygen atoms in total. The number of hydrogen-bond acceptors (Lipinski definition) is 4. The van der Waals surface area contributed by atoms with Crippen molar-refractivity contribution in [1.29, 1.82) is 0 Å². The molecule has 1 heterocycles. The molecule has 0 aliphatic heterocycles. The second-order valence-electron chi connectivity index (χ2n) is 4.20. The zero-order chi connectivity index (χ0) is 14.4. The van der Waals surface area contributed by atoms with Gasteiger partial charge in [-0.05, 0) is 34.1 Å². The minimum absolute atomic E-state index is 0.0870. The number of nitrogens with zero attached hydrogens (tertiary/aromatic N) is 1. The van der Waals surface area contributed by atoms with Crippen LogP contribution in [-0.2, 0) is 9.53 Å². The third-order valence-electron chi connectivity index (χ3n) is 2.73. The van der Waals surface area contributed by atoms with Crippen molar-refractivity contribution in [2.45, 2.75) is 0 Å². The Hall–Kier alpha value is -1.66. The van der Waals surface area contributed by atoms with Crippen LogP contribution >= 0.6 is 15.9 Å². The summed E-state index contributed by atoms with van der Waals surface area (Å²) in [5.41, 5.74) is 0.872. The number of para-hydroxylation sites is 1. The first-order valence-corrected chi connectivity index (χ1v) is 7.05. The number of anilines is 1. The fourth-order valence-electron chi connectivity index (χ4n) is 1.74. The average molecular weight is 338 g/mol. The highest BCUT2D eigenvalue weighted by atomic mass is 79.9. The summed E-state index contributed by atoms with van der Waals surface area (Å²) in [6, 6.07) is 9.73. The number of amides is 1. The quantitative estimate of drug-likeness (QED) is 0.793. The molecule has 0 aliphatic rings. The number of halogens is 1. The van der Waals surface area contributed by atoms with Gasteiger partial charge in [0.2, 0.25) is 5.91 Å². The van der Waals surface area contributed by atoms with E-state index in [1.54, 1.807) is 7.11 Å². The summed E-state index contributed by atoms with van der Waals surface area (Å²) < 4.78 is 5.80. The molecular formula is C14H16BrN3O2. The van der Waals surface area contributed by atoms with Gasteiger partial charge >= 0.3 is 0 Å². The maximum Gasteiger partial charge on any atom is 0.239 e. The lowest BCUT2D eigenvalue weighted by Gasteiger charge is -2.08. The normalized spacial score (nSPS) is 10.5. The number of aromatic nitrogens is 1. The van der Waals surface area contributed by atoms with Crippen LogP contribution in [0.25, 0.3) is 10.9 Å². The molecule has 0 bridgehead atoms. The number of benzene rings is 1. The largest absolute Gasteiger partial charge is 0.383 e. The summed E-state index contributed by atoms with van der Waals surface area (Å²) in [7, 11) is 1.60. The lowest BCUT2D eigenvalue weighted by molar-refractivity contribution is -0.119. The van der Waals surface area contributed by atoms with E-state index in [9.17, 15) is 4.79 Å². The van der Waals surface area contributed by atoms with E-state index in [1.807, 2.05) is 30.3 Å². The molecule has 1 aromatic carbocycles. The van der Waals surface area contributed by atoms with E-state index in [4.69, 9.17) is 4.74 Å². The maximum absolute atomic E-state index is 11.6. The number of carbonyl (C=O) groups is 1. The molecule has 0 unspecified atom stereocenters. The first kappa shape index (κ1) is 14.7. The van der Waals surface area contributed by atoms with Gasteiger partial charge in [-0.2, -0.15) is 0 Å². The van der Waals surface area contributed by atoms with Crippen LogP contribution in [0.1, 0.15) is 0 Å². The van der Waals surface area contributed by atoms with Crippen molar-refractivity contribution in [3.8, 4) is 0 Å². The monoisotopic (exact) mass is 337 g/mol. The molecule has 0 spiro atoms. The highest BCUT2D eigenvalue weighted by Crippen LogP contribution is 2.23. The lowest BCUT2D eigenvalue weighted by Crippen LogP contribution is -2.32. The van der Waals surface area contributed by atoms with Gasteiger partial charge in [-0.25, -0.2) is 4.98 Å². The van der Waals surface area contributed by atoms with Crippen molar-refractivity contribution < 1.29 is 9.53 Å². The molecule has 2 rings (SSSR count). The van der Waals surface area contributed by atoms with Crippen LogP contribution in [0, 0.1) is 0 Å². The number of ether oxygens (including phenoxy) is 1. The van der Waals surface area contributed by atoms with E-state index in [0.29, 0.717) is 19.0 Å². The first-order valence-electron chi connectivity index (χ1n) is 6.25. The van der Waals surface area contributed by atoms with E-state index in [1.165, 1.54) is 0 Å². The van der Waals surface area contributed by atoms with Crippen LogP contribution in [0.2, 0.25) is 0 Å². The molecule has 0 aliphatic carbocycles. The van der Waals surface area contributed by atoms with Crippen LogP contribution in [0.3, 0.4) is 0 Å². The average Bonchev–Trinajstić information content (AvgIpc) is 2.46. The standard InChI is InChI=1S/C14H16BrN3O2/c1-20-8-7-16-13(19)9-17-12-6-5-10-3-2-4-11(15)14(10)18-12/h2-6H,7-9H2,1H3,(H,16,19)(H,17,18). The van der Waals surface area contributed by atoms with Gasteiger partial charge < -0.3 is 15.4 Å². The van der Waals surface area contributed by atoms with Crippen molar-refractivity contribution >= 4 is 38.6 Å². The van der Waals surface area contributed by atoms with E-state index >= 15 is 0 Å². The second-order valence-corrected chi connectivity index (χ2v) is 5.06. The Balaban J connectivity index is 1.96. The molecule has 2 aromatic rings. The molecule has 6 heteroatoms. The molecule has 106 valence electrons. The smallest absolute Gasteiger partial charge is 0.239 e. The zero-order valence-corrected chi connectivity index (χ0v) is 12.7. The van der Waals surface area contributed by atoms with E-state index < -0.39 is 0 Å². The van der Waals surface area contributed by atoms with Gasteiger partial charge in [-0.3, -0.25) is 4.79 Å². The van der Waals surface area contributed by atoms with Crippen molar-refractivity contribution in [3.05, 3.63) is 34.8 Å². The molecule has 1 aromatic heterocycles. The number of methoxy groups -OCH3 is 1. The maximum atomic E-state index is 11.6. The van der Waals surface area contributed by atoms with E-state index in [2.05, 4.69) is 31.5 Å². The Kier molecular flexibility index (Phi) is 5.31. The lowest BCUT2D eigenvalue weighted by atomic mass is 10.2.